The SMILES string of the molecule is COc1cc(C(=O)Nc2ccc(Br)c(C)c2)cc(Cl)c1OCC(N)=O. The van der Waals surface area contributed by atoms with Crippen LogP contribution in [0.25, 0.3) is 0 Å². The third kappa shape index (κ3) is 4.87. The number of hydrogen-bond acceptors (Lipinski definition) is 4. The lowest BCUT2D eigenvalue weighted by molar-refractivity contribution is -0.119. The topological polar surface area (TPSA) is 90.7 Å². The lowest BCUT2D eigenvalue weighted by atomic mass is 10.1. The molecule has 0 aliphatic rings. The summed E-state index contributed by atoms with van der Waals surface area (Å²) in [5.74, 6) is -0.626. The first kappa shape index (κ1) is 19.1. The van der Waals surface area contributed by atoms with Crippen molar-refractivity contribution < 1.29 is 19.1 Å². The molecule has 0 aliphatic heterocycles. The van der Waals surface area contributed by atoms with Gasteiger partial charge in [-0.05, 0) is 42.8 Å². The molecule has 0 heterocycles. The number of carbonyl (C=O) groups excluding carboxylic acids is 2. The first-order chi connectivity index (χ1) is 11.8. The fourth-order valence-electron chi connectivity index (χ4n) is 2.06. The van der Waals surface area contributed by atoms with Crippen LogP contribution in [0, 0.1) is 6.92 Å². The van der Waals surface area contributed by atoms with E-state index in [0.29, 0.717) is 5.69 Å². The van der Waals surface area contributed by atoms with Gasteiger partial charge in [0.15, 0.2) is 18.1 Å². The van der Waals surface area contributed by atoms with Crippen LogP contribution >= 0.6 is 27.5 Å². The molecule has 2 amide bonds. The summed E-state index contributed by atoms with van der Waals surface area (Å²) in [5, 5.41) is 2.92. The minimum Gasteiger partial charge on any atom is -0.493 e. The molecular weight excluding hydrogens is 412 g/mol. The standard InChI is InChI=1S/C17H16BrClN2O4/c1-9-5-11(3-4-12(9)18)21-17(23)10-6-13(19)16(14(7-10)24-2)25-8-15(20)22/h3-7H,8H2,1-2H3,(H2,20,22)(H,21,23). The molecule has 6 nitrogen and oxygen atoms in total. The number of rotatable bonds is 6. The third-order valence-corrected chi connectivity index (χ3v) is 4.44. The monoisotopic (exact) mass is 426 g/mol. The number of nitrogens with one attached hydrogen (secondary N) is 1. The van der Waals surface area contributed by atoms with Crippen molar-refractivity contribution in [1.82, 2.24) is 0 Å². The average molecular weight is 428 g/mol. The Hall–Kier alpha value is -2.25. The quantitative estimate of drug-likeness (QED) is 0.738. The molecule has 0 unspecified atom stereocenters. The van der Waals surface area contributed by atoms with E-state index in [9.17, 15) is 9.59 Å². The zero-order valence-electron chi connectivity index (χ0n) is 13.6. The van der Waals surface area contributed by atoms with Gasteiger partial charge in [0.1, 0.15) is 0 Å². The van der Waals surface area contributed by atoms with E-state index in [4.69, 9.17) is 26.8 Å². The van der Waals surface area contributed by atoms with Gasteiger partial charge in [-0.1, -0.05) is 27.5 Å². The van der Waals surface area contributed by atoms with Crippen molar-refractivity contribution in [2.24, 2.45) is 5.73 Å². The molecule has 3 N–H and O–H groups in total. The molecule has 0 saturated heterocycles. The number of aryl methyl sites for hydroxylation is 1. The second-order valence-corrected chi connectivity index (χ2v) is 6.42. The Morgan fingerprint density at radius 2 is 2.00 bits per heavy atom. The van der Waals surface area contributed by atoms with Gasteiger partial charge >= 0.3 is 0 Å². The van der Waals surface area contributed by atoms with Crippen molar-refractivity contribution in [2.75, 3.05) is 19.0 Å². The molecule has 0 bridgehead atoms. The number of halogens is 2. The summed E-state index contributed by atoms with van der Waals surface area (Å²) in [6, 6.07) is 8.37. The van der Waals surface area contributed by atoms with Gasteiger partial charge in [0.25, 0.3) is 11.8 Å². The van der Waals surface area contributed by atoms with Crippen molar-refractivity contribution in [3.8, 4) is 11.5 Å². The van der Waals surface area contributed by atoms with E-state index >= 15 is 0 Å². The lowest BCUT2D eigenvalue weighted by Crippen LogP contribution is -2.20. The molecular formula is C17H16BrClN2O4. The van der Waals surface area contributed by atoms with Gasteiger partial charge < -0.3 is 20.5 Å². The number of carbonyl (C=O) groups is 2. The maximum absolute atomic E-state index is 12.5. The van der Waals surface area contributed by atoms with Gasteiger partial charge in [0, 0.05) is 15.7 Å². The van der Waals surface area contributed by atoms with E-state index in [0.717, 1.165) is 10.0 Å². The normalized spacial score (nSPS) is 10.2. The van der Waals surface area contributed by atoms with Crippen LogP contribution < -0.4 is 20.5 Å². The van der Waals surface area contributed by atoms with Crippen LogP contribution in [0.15, 0.2) is 34.8 Å². The molecule has 2 rings (SSSR count). The molecule has 25 heavy (non-hydrogen) atoms. The highest BCUT2D eigenvalue weighted by molar-refractivity contribution is 9.10. The molecule has 0 spiro atoms. The van der Waals surface area contributed by atoms with Crippen LogP contribution in [0.4, 0.5) is 5.69 Å². The molecule has 0 aliphatic carbocycles. The number of methoxy groups -OCH3 is 1. The summed E-state index contributed by atoms with van der Waals surface area (Å²) in [7, 11) is 1.41. The molecule has 0 saturated carbocycles. The Bertz CT molecular complexity index is 827. The highest BCUT2D eigenvalue weighted by Gasteiger charge is 2.17. The summed E-state index contributed by atoms with van der Waals surface area (Å²) >= 11 is 9.55. The van der Waals surface area contributed by atoms with E-state index in [1.165, 1.54) is 19.2 Å². The molecule has 2 aromatic rings. The second kappa shape index (κ2) is 8.22. The molecule has 0 fully saturated rings. The summed E-state index contributed by atoms with van der Waals surface area (Å²) in [6.07, 6.45) is 0. The maximum atomic E-state index is 12.5. The zero-order valence-corrected chi connectivity index (χ0v) is 15.9. The Morgan fingerprint density at radius 3 is 2.60 bits per heavy atom. The predicted octanol–water partition coefficient (Wildman–Crippen LogP) is 3.54. The van der Waals surface area contributed by atoms with E-state index in [1.54, 1.807) is 6.07 Å². The Balaban J connectivity index is 2.26. The van der Waals surface area contributed by atoms with Crippen LogP contribution in [0.1, 0.15) is 15.9 Å². The Kier molecular flexibility index (Phi) is 6.27. The van der Waals surface area contributed by atoms with Gasteiger partial charge in [-0.15, -0.1) is 0 Å². The molecule has 2 aromatic carbocycles. The van der Waals surface area contributed by atoms with E-state index < -0.39 is 5.91 Å². The summed E-state index contributed by atoms with van der Waals surface area (Å²) in [6.45, 7) is 1.57. The fraction of sp³-hybridized carbons (Fsp3) is 0.176. The van der Waals surface area contributed by atoms with Crippen LogP contribution in [-0.4, -0.2) is 25.5 Å². The Morgan fingerprint density at radius 1 is 1.28 bits per heavy atom. The number of hydrogen-bond donors (Lipinski definition) is 2. The fourth-order valence-corrected chi connectivity index (χ4v) is 2.57. The number of benzene rings is 2. The van der Waals surface area contributed by atoms with Crippen molar-refractivity contribution in [1.29, 1.82) is 0 Å². The van der Waals surface area contributed by atoms with E-state index in [1.807, 2.05) is 19.1 Å². The Labute approximate surface area is 158 Å². The van der Waals surface area contributed by atoms with Crippen LogP contribution in [0.2, 0.25) is 5.02 Å². The largest absolute Gasteiger partial charge is 0.493 e. The van der Waals surface area contributed by atoms with Crippen LogP contribution in [0.3, 0.4) is 0 Å². The summed E-state index contributed by atoms with van der Waals surface area (Å²) in [4.78, 5) is 23.3. The van der Waals surface area contributed by atoms with Gasteiger partial charge in [-0.3, -0.25) is 9.59 Å². The van der Waals surface area contributed by atoms with E-state index in [2.05, 4.69) is 21.2 Å². The van der Waals surface area contributed by atoms with Crippen LogP contribution in [0.5, 0.6) is 11.5 Å². The minimum atomic E-state index is -0.648. The highest BCUT2D eigenvalue weighted by atomic mass is 79.9. The van der Waals surface area contributed by atoms with Gasteiger partial charge in [0.2, 0.25) is 0 Å². The third-order valence-electron chi connectivity index (χ3n) is 3.27. The molecule has 132 valence electrons. The number of anilines is 1. The number of amides is 2. The average Bonchev–Trinajstić information content (AvgIpc) is 2.56. The van der Waals surface area contributed by atoms with Crippen molar-refractivity contribution in [2.45, 2.75) is 6.92 Å². The van der Waals surface area contributed by atoms with Gasteiger partial charge in [0.05, 0.1) is 12.1 Å². The van der Waals surface area contributed by atoms with Crippen molar-refractivity contribution in [3.05, 3.63) is 51.0 Å². The van der Waals surface area contributed by atoms with Crippen molar-refractivity contribution in [3.63, 3.8) is 0 Å². The first-order valence-corrected chi connectivity index (χ1v) is 8.35. The smallest absolute Gasteiger partial charge is 0.255 e. The number of nitrogens with two attached hydrogens (primary N) is 1. The number of ether oxygens (including phenoxy) is 2. The molecule has 0 aromatic heterocycles. The second-order valence-electron chi connectivity index (χ2n) is 5.16. The summed E-state index contributed by atoms with van der Waals surface area (Å²) < 4.78 is 11.4. The molecule has 0 radical (unpaired) electrons. The number of primary amides is 1. The molecule has 0 atom stereocenters. The van der Waals surface area contributed by atoms with Gasteiger partial charge in [-0.2, -0.15) is 0 Å². The highest BCUT2D eigenvalue weighted by Crippen LogP contribution is 2.36. The minimum absolute atomic E-state index is 0.137. The first-order valence-electron chi connectivity index (χ1n) is 7.18. The molecule has 8 heteroatoms. The summed E-state index contributed by atoms with van der Waals surface area (Å²) in [5.41, 5.74) is 6.98. The van der Waals surface area contributed by atoms with Crippen LogP contribution in [-0.2, 0) is 4.79 Å². The van der Waals surface area contributed by atoms with E-state index in [-0.39, 0.29) is 34.6 Å². The van der Waals surface area contributed by atoms with Crippen molar-refractivity contribution >= 4 is 45.0 Å². The lowest BCUT2D eigenvalue weighted by Gasteiger charge is -2.13. The predicted molar refractivity (Wildman–Crippen MR) is 99.5 cm³/mol. The van der Waals surface area contributed by atoms with Gasteiger partial charge in [-0.25, -0.2) is 0 Å². The maximum Gasteiger partial charge on any atom is 0.255 e. The zero-order chi connectivity index (χ0) is 18.6.